The van der Waals surface area contributed by atoms with Gasteiger partial charge in [0.2, 0.25) is 0 Å². The Bertz CT molecular complexity index is 307. The van der Waals surface area contributed by atoms with Gasteiger partial charge in [0.25, 0.3) is 5.91 Å². The van der Waals surface area contributed by atoms with Crippen LogP contribution >= 0.6 is 0 Å². The van der Waals surface area contributed by atoms with Gasteiger partial charge >= 0.3 is 0 Å². The molecule has 1 atom stereocenters. The van der Waals surface area contributed by atoms with Gasteiger partial charge in [0.15, 0.2) is 0 Å². The second-order valence-corrected chi connectivity index (χ2v) is 1.89. The molecule has 1 heterocycles. The highest BCUT2D eigenvalue weighted by molar-refractivity contribution is 6.07. The average molecular weight is 153 g/mol. The standard InChI is InChI=1S/C6H3NO4/c8-1-3-5(10)4(2-9)7-6(3)11/h5,10H,(H,7,11). The summed E-state index contributed by atoms with van der Waals surface area (Å²) < 4.78 is 0. The van der Waals surface area contributed by atoms with E-state index in [2.05, 4.69) is 0 Å². The van der Waals surface area contributed by atoms with Crippen LogP contribution in [0, 0.1) is 0 Å². The Morgan fingerprint density at radius 1 is 1.36 bits per heavy atom. The SMILES string of the molecule is O=C=C1NC(=O)C(=C=O)C1O. The summed E-state index contributed by atoms with van der Waals surface area (Å²) in [6.07, 6.45) is -1.49. The molecule has 2 N–H and O–H groups in total. The Kier molecular flexibility index (Phi) is 1.70. The minimum absolute atomic E-state index is 0.339. The monoisotopic (exact) mass is 153 g/mol. The Balaban J connectivity index is 3.17. The second kappa shape index (κ2) is 2.52. The van der Waals surface area contributed by atoms with E-state index in [4.69, 9.17) is 5.11 Å². The minimum atomic E-state index is -1.49. The van der Waals surface area contributed by atoms with Crippen LogP contribution in [0.2, 0.25) is 0 Å². The molecular weight excluding hydrogens is 150 g/mol. The number of aliphatic hydroxyl groups is 1. The van der Waals surface area contributed by atoms with E-state index in [-0.39, 0.29) is 5.70 Å². The van der Waals surface area contributed by atoms with Crippen molar-refractivity contribution in [3.63, 3.8) is 0 Å². The molecule has 0 aromatic rings. The third-order valence-corrected chi connectivity index (χ3v) is 1.26. The quantitative estimate of drug-likeness (QED) is 0.310. The summed E-state index contributed by atoms with van der Waals surface area (Å²) in [5.74, 6) is 1.73. The van der Waals surface area contributed by atoms with Crippen LogP contribution < -0.4 is 5.32 Å². The lowest BCUT2D eigenvalue weighted by molar-refractivity contribution is -0.115. The van der Waals surface area contributed by atoms with Gasteiger partial charge in [0.05, 0.1) is 0 Å². The number of carbonyl (C=O) groups is 1. The van der Waals surface area contributed by atoms with Crippen molar-refractivity contribution in [2.45, 2.75) is 6.10 Å². The van der Waals surface area contributed by atoms with Crippen molar-refractivity contribution in [1.82, 2.24) is 5.32 Å². The molecule has 5 heteroatoms. The summed E-state index contributed by atoms with van der Waals surface area (Å²) in [6.45, 7) is 0. The van der Waals surface area contributed by atoms with E-state index < -0.39 is 17.6 Å². The molecule has 0 radical (unpaired) electrons. The van der Waals surface area contributed by atoms with Crippen LogP contribution in [0.5, 0.6) is 0 Å². The van der Waals surface area contributed by atoms with Crippen molar-refractivity contribution < 1.29 is 19.5 Å². The van der Waals surface area contributed by atoms with E-state index in [0.29, 0.717) is 0 Å². The Labute approximate surface area is 61.0 Å². The predicted octanol–water partition coefficient (Wildman–Crippen LogP) is -2.05. The fraction of sp³-hybridized carbons (Fsp3) is 0.167. The highest BCUT2D eigenvalue weighted by Crippen LogP contribution is 2.12. The Morgan fingerprint density at radius 2 is 2.00 bits per heavy atom. The summed E-state index contributed by atoms with van der Waals surface area (Å²) in [6, 6.07) is 0. The third-order valence-electron chi connectivity index (χ3n) is 1.26. The number of aliphatic hydroxyl groups excluding tert-OH is 1. The molecule has 1 unspecified atom stereocenters. The number of hydrogen-bond donors (Lipinski definition) is 2. The van der Waals surface area contributed by atoms with Crippen LogP contribution in [0.1, 0.15) is 0 Å². The number of nitrogens with one attached hydrogen (secondary N) is 1. The van der Waals surface area contributed by atoms with E-state index in [1.807, 2.05) is 5.32 Å². The van der Waals surface area contributed by atoms with E-state index in [1.54, 1.807) is 0 Å². The van der Waals surface area contributed by atoms with Crippen molar-refractivity contribution >= 4 is 17.8 Å². The fourth-order valence-electron chi connectivity index (χ4n) is 0.710. The molecule has 5 nitrogen and oxygen atoms in total. The van der Waals surface area contributed by atoms with E-state index in [9.17, 15) is 14.4 Å². The number of amides is 1. The van der Waals surface area contributed by atoms with Gasteiger partial charge in [-0.15, -0.1) is 0 Å². The van der Waals surface area contributed by atoms with Gasteiger partial charge in [-0.3, -0.25) is 4.79 Å². The zero-order valence-electron chi connectivity index (χ0n) is 5.25. The van der Waals surface area contributed by atoms with Gasteiger partial charge in [-0.25, -0.2) is 9.59 Å². The minimum Gasteiger partial charge on any atom is -0.380 e. The summed E-state index contributed by atoms with van der Waals surface area (Å²) in [7, 11) is 0. The maximum Gasteiger partial charge on any atom is 0.266 e. The van der Waals surface area contributed by atoms with Crippen LogP contribution in [-0.4, -0.2) is 29.0 Å². The fourth-order valence-corrected chi connectivity index (χ4v) is 0.710. The van der Waals surface area contributed by atoms with Gasteiger partial charge in [-0.1, -0.05) is 0 Å². The molecule has 0 aromatic carbocycles. The summed E-state index contributed by atoms with van der Waals surface area (Å²) >= 11 is 0. The maximum atomic E-state index is 10.6. The third kappa shape index (κ3) is 0.993. The van der Waals surface area contributed by atoms with Crippen LogP contribution in [-0.2, 0) is 14.4 Å². The molecule has 56 valence electrons. The summed E-state index contributed by atoms with van der Waals surface area (Å²) in [5, 5.41) is 10.9. The van der Waals surface area contributed by atoms with Gasteiger partial charge in [-0.2, -0.15) is 0 Å². The molecule has 0 saturated carbocycles. The largest absolute Gasteiger partial charge is 0.380 e. The second-order valence-electron chi connectivity index (χ2n) is 1.89. The molecule has 11 heavy (non-hydrogen) atoms. The first kappa shape index (κ1) is 7.44. The Hall–Kier alpha value is -1.67. The highest BCUT2D eigenvalue weighted by atomic mass is 16.3. The average Bonchev–Trinajstić information content (AvgIpc) is 2.26. The van der Waals surface area contributed by atoms with Crippen molar-refractivity contribution in [3.05, 3.63) is 11.3 Å². The van der Waals surface area contributed by atoms with Gasteiger partial charge in [0, 0.05) is 0 Å². The molecule has 0 bridgehead atoms. The van der Waals surface area contributed by atoms with Crippen molar-refractivity contribution in [2.75, 3.05) is 0 Å². The highest BCUT2D eigenvalue weighted by Gasteiger charge is 2.33. The van der Waals surface area contributed by atoms with Gasteiger partial charge in [0.1, 0.15) is 29.3 Å². The molecule has 1 aliphatic heterocycles. The van der Waals surface area contributed by atoms with Crippen LogP contribution in [0.15, 0.2) is 11.3 Å². The van der Waals surface area contributed by atoms with E-state index in [0.717, 1.165) is 0 Å². The van der Waals surface area contributed by atoms with Crippen LogP contribution in [0.3, 0.4) is 0 Å². The zero-order valence-corrected chi connectivity index (χ0v) is 5.25. The lowest BCUT2D eigenvalue weighted by Crippen LogP contribution is -2.14. The number of carbonyl (C=O) groups excluding carboxylic acids is 3. The van der Waals surface area contributed by atoms with E-state index >= 15 is 0 Å². The molecule has 1 rings (SSSR count). The van der Waals surface area contributed by atoms with Crippen molar-refractivity contribution in [3.8, 4) is 0 Å². The van der Waals surface area contributed by atoms with Crippen molar-refractivity contribution in [2.24, 2.45) is 0 Å². The molecule has 1 fully saturated rings. The molecule has 1 amide bonds. The van der Waals surface area contributed by atoms with Crippen LogP contribution in [0.4, 0.5) is 0 Å². The first-order valence-corrected chi connectivity index (χ1v) is 2.70. The first-order chi connectivity index (χ1) is 5.20. The molecule has 1 aliphatic rings. The molecule has 0 spiro atoms. The molecule has 0 aromatic heterocycles. The predicted molar refractivity (Wildman–Crippen MR) is 32.6 cm³/mol. The number of rotatable bonds is 0. The smallest absolute Gasteiger partial charge is 0.266 e. The normalized spacial score (nSPS) is 22.6. The maximum absolute atomic E-state index is 10.6. The first-order valence-electron chi connectivity index (χ1n) is 2.70. The van der Waals surface area contributed by atoms with Crippen molar-refractivity contribution in [1.29, 1.82) is 0 Å². The lowest BCUT2D eigenvalue weighted by Gasteiger charge is -1.92. The number of hydrogen-bond acceptors (Lipinski definition) is 4. The molecular formula is C6H3NO4. The Morgan fingerprint density at radius 3 is 2.27 bits per heavy atom. The summed E-state index contributed by atoms with van der Waals surface area (Å²) in [4.78, 5) is 30.5. The topological polar surface area (TPSA) is 83.5 Å². The van der Waals surface area contributed by atoms with Crippen LogP contribution in [0.25, 0.3) is 0 Å². The lowest BCUT2D eigenvalue weighted by atomic mass is 10.2. The molecule has 0 aliphatic carbocycles. The van der Waals surface area contributed by atoms with Gasteiger partial charge in [-0.05, 0) is 0 Å². The summed E-state index contributed by atoms with van der Waals surface area (Å²) in [5.41, 5.74) is -0.822. The molecule has 1 saturated heterocycles. The zero-order chi connectivity index (χ0) is 8.43. The van der Waals surface area contributed by atoms with Gasteiger partial charge < -0.3 is 10.4 Å². The van der Waals surface area contributed by atoms with E-state index in [1.165, 1.54) is 11.9 Å².